The molecule has 0 aliphatic heterocycles. The summed E-state index contributed by atoms with van der Waals surface area (Å²) in [6.07, 6.45) is 5.16. The minimum absolute atomic E-state index is 0.0489. The van der Waals surface area contributed by atoms with Gasteiger partial charge in [0.2, 0.25) is 0 Å². The van der Waals surface area contributed by atoms with E-state index in [9.17, 15) is 5.11 Å². The summed E-state index contributed by atoms with van der Waals surface area (Å²) in [5, 5.41) is 10.4. The van der Waals surface area contributed by atoms with Crippen molar-refractivity contribution in [3.05, 3.63) is 54.1 Å². The van der Waals surface area contributed by atoms with Crippen LogP contribution in [-0.4, -0.2) is 5.11 Å². The highest BCUT2D eigenvalue weighted by molar-refractivity contribution is 5.49. The standard InChI is InChI=1S/C16H22O/c1-6-8-12-10-11-14(16(3,4)5)15(17)13(12)9-7-2/h6-7,10-11,17H,1-2,8-9H2,3-5H3. The van der Waals surface area contributed by atoms with Gasteiger partial charge in [-0.2, -0.15) is 0 Å². The van der Waals surface area contributed by atoms with Crippen molar-refractivity contribution in [1.29, 1.82) is 0 Å². The molecule has 0 atom stereocenters. The fourth-order valence-corrected chi connectivity index (χ4v) is 2.00. The molecule has 17 heavy (non-hydrogen) atoms. The maximum Gasteiger partial charge on any atom is 0.123 e. The first kappa shape index (κ1) is 13.6. The maximum atomic E-state index is 10.4. The Morgan fingerprint density at radius 2 is 1.71 bits per heavy atom. The van der Waals surface area contributed by atoms with Crippen molar-refractivity contribution in [2.45, 2.75) is 39.0 Å². The van der Waals surface area contributed by atoms with Gasteiger partial charge in [-0.1, -0.05) is 45.1 Å². The highest BCUT2D eigenvalue weighted by Crippen LogP contribution is 2.35. The van der Waals surface area contributed by atoms with Gasteiger partial charge in [0.05, 0.1) is 0 Å². The van der Waals surface area contributed by atoms with E-state index in [2.05, 4.69) is 40.0 Å². The molecule has 1 aromatic rings. The lowest BCUT2D eigenvalue weighted by Gasteiger charge is -2.23. The molecule has 1 rings (SSSR count). The summed E-state index contributed by atoms with van der Waals surface area (Å²) in [5.74, 6) is 0.414. The molecular weight excluding hydrogens is 208 g/mol. The first-order chi connectivity index (χ1) is 7.91. The van der Waals surface area contributed by atoms with Crippen molar-refractivity contribution in [3.8, 4) is 5.75 Å². The number of allylic oxidation sites excluding steroid dienone is 2. The van der Waals surface area contributed by atoms with Gasteiger partial charge in [0.25, 0.3) is 0 Å². The number of phenols is 1. The first-order valence-electron chi connectivity index (χ1n) is 5.97. The van der Waals surface area contributed by atoms with Crippen LogP contribution in [0.15, 0.2) is 37.4 Å². The zero-order chi connectivity index (χ0) is 13.1. The molecule has 1 nitrogen and oxygen atoms in total. The van der Waals surface area contributed by atoms with Gasteiger partial charge in [-0.05, 0) is 29.4 Å². The topological polar surface area (TPSA) is 20.2 Å². The fourth-order valence-electron chi connectivity index (χ4n) is 2.00. The number of benzene rings is 1. The molecule has 0 aliphatic rings. The average molecular weight is 230 g/mol. The summed E-state index contributed by atoms with van der Waals surface area (Å²) >= 11 is 0. The Kier molecular flexibility index (Phi) is 4.17. The molecule has 0 fully saturated rings. The Balaban J connectivity index is 3.37. The van der Waals surface area contributed by atoms with Gasteiger partial charge in [-0.25, -0.2) is 0 Å². The molecule has 0 amide bonds. The Bertz CT molecular complexity index is 422. The maximum absolute atomic E-state index is 10.4. The van der Waals surface area contributed by atoms with E-state index in [1.807, 2.05) is 18.2 Å². The van der Waals surface area contributed by atoms with Crippen molar-refractivity contribution < 1.29 is 5.11 Å². The Labute approximate surface area is 104 Å². The second-order valence-corrected chi connectivity index (χ2v) is 5.34. The van der Waals surface area contributed by atoms with E-state index in [0.29, 0.717) is 12.2 Å². The molecule has 92 valence electrons. The van der Waals surface area contributed by atoms with Gasteiger partial charge < -0.3 is 5.11 Å². The van der Waals surface area contributed by atoms with Crippen molar-refractivity contribution in [1.82, 2.24) is 0 Å². The number of aromatic hydroxyl groups is 1. The molecule has 1 aromatic carbocycles. The molecule has 0 saturated carbocycles. The Morgan fingerprint density at radius 3 is 2.18 bits per heavy atom. The number of hydrogen-bond acceptors (Lipinski definition) is 1. The minimum atomic E-state index is -0.0489. The van der Waals surface area contributed by atoms with Crippen LogP contribution in [0.2, 0.25) is 0 Å². The molecule has 0 radical (unpaired) electrons. The van der Waals surface area contributed by atoms with E-state index in [1.165, 1.54) is 0 Å². The summed E-state index contributed by atoms with van der Waals surface area (Å²) in [7, 11) is 0. The van der Waals surface area contributed by atoms with E-state index in [1.54, 1.807) is 0 Å². The van der Waals surface area contributed by atoms with E-state index in [4.69, 9.17) is 0 Å². The highest BCUT2D eigenvalue weighted by Gasteiger charge is 2.20. The minimum Gasteiger partial charge on any atom is -0.507 e. The van der Waals surface area contributed by atoms with Crippen molar-refractivity contribution in [2.75, 3.05) is 0 Å². The van der Waals surface area contributed by atoms with Gasteiger partial charge in [0.15, 0.2) is 0 Å². The summed E-state index contributed by atoms with van der Waals surface area (Å²) in [6.45, 7) is 13.8. The lowest BCUT2D eigenvalue weighted by Crippen LogP contribution is -2.12. The van der Waals surface area contributed by atoms with Crippen LogP contribution in [0.4, 0.5) is 0 Å². The summed E-state index contributed by atoms with van der Waals surface area (Å²) in [4.78, 5) is 0. The van der Waals surface area contributed by atoms with Gasteiger partial charge >= 0.3 is 0 Å². The van der Waals surface area contributed by atoms with Crippen LogP contribution in [0.25, 0.3) is 0 Å². The largest absolute Gasteiger partial charge is 0.507 e. The van der Waals surface area contributed by atoms with Gasteiger partial charge in [-0.15, -0.1) is 13.2 Å². The summed E-state index contributed by atoms with van der Waals surface area (Å²) in [6, 6.07) is 4.10. The van der Waals surface area contributed by atoms with Gasteiger partial charge in [0, 0.05) is 5.56 Å². The predicted molar refractivity (Wildman–Crippen MR) is 74.6 cm³/mol. The summed E-state index contributed by atoms with van der Waals surface area (Å²) < 4.78 is 0. The Morgan fingerprint density at radius 1 is 1.12 bits per heavy atom. The second-order valence-electron chi connectivity index (χ2n) is 5.34. The molecule has 1 heteroatoms. The van der Waals surface area contributed by atoms with E-state index in [-0.39, 0.29) is 5.41 Å². The van der Waals surface area contributed by atoms with Crippen LogP contribution in [-0.2, 0) is 18.3 Å². The van der Waals surface area contributed by atoms with Crippen LogP contribution in [0.1, 0.15) is 37.5 Å². The van der Waals surface area contributed by atoms with Crippen molar-refractivity contribution >= 4 is 0 Å². The second kappa shape index (κ2) is 5.22. The van der Waals surface area contributed by atoms with Crippen LogP contribution in [0.5, 0.6) is 5.75 Å². The molecule has 0 aliphatic carbocycles. The predicted octanol–water partition coefficient (Wildman–Crippen LogP) is 4.15. The quantitative estimate of drug-likeness (QED) is 0.770. The van der Waals surface area contributed by atoms with Crippen LogP contribution < -0.4 is 0 Å². The lowest BCUT2D eigenvalue weighted by molar-refractivity contribution is 0.441. The fraction of sp³-hybridized carbons (Fsp3) is 0.375. The van der Waals surface area contributed by atoms with Gasteiger partial charge in [0.1, 0.15) is 5.75 Å². The third-order valence-corrected chi connectivity index (χ3v) is 2.90. The van der Waals surface area contributed by atoms with Crippen molar-refractivity contribution in [2.24, 2.45) is 0 Å². The van der Waals surface area contributed by atoms with E-state index < -0.39 is 0 Å². The zero-order valence-corrected chi connectivity index (χ0v) is 11.1. The normalized spacial score (nSPS) is 11.2. The zero-order valence-electron chi connectivity index (χ0n) is 11.1. The number of hydrogen-bond donors (Lipinski definition) is 1. The molecule has 0 bridgehead atoms. The third-order valence-electron chi connectivity index (χ3n) is 2.90. The molecular formula is C16H22O. The van der Waals surface area contributed by atoms with E-state index in [0.717, 1.165) is 23.1 Å². The average Bonchev–Trinajstić information content (AvgIpc) is 2.22. The van der Waals surface area contributed by atoms with Crippen LogP contribution in [0.3, 0.4) is 0 Å². The SMILES string of the molecule is C=CCc1ccc(C(C)(C)C)c(O)c1CC=C. The number of phenolic OH excluding ortho intramolecular Hbond substituents is 1. The molecule has 1 N–H and O–H groups in total. The van der Waals surface area contributed by atoms with E-state index >= 15 is 0 Å². The van der Waals surface area contributed by atoms with Crippen LogP contribution >= 0.6 is 0 Å². The lowest BCUT2D eigenvalue weighted by atomic mass is 9.83. The Hall–Kier alpha value is -1.50. The molecule has 0 saturated heterocycles. The first-order valence-corrected chi connectivity index (χ1v) is 5.97. The molecule has 0 aromatic heterocycles. The summed E-state index contributed by atoms with van der Waals surface area (Å²) in [5.41, 5.74) is 3.05. The molecule has 0 spiro atoms. The third kappa shape index (κ3) is 3.00. The smallest absolute Gasteiger partial charge is 0.123 e. The molecule has 0 unspecified atom stereocenters. The van der Waals surface area contributed by atoms with Crippen molar-refractivity contribution in [3.63, 3.8) is 0 Å². The van der Waals surface area contributed by atoms with Crippen LogP contribution in [0, 0.1) is 0 Å². The molecule has 0 heterocycles. The monoisotopic (exact) mass is 230 g/mol. The highest BCUT2D eigenvalue weighted by atomic mass is 16.3. The number of rotatable bonds is 4. The van der Waals surface area contributed by atoms with Gasteiger partial charge in [-0.3, -0.25) is 0 Å².